The molecule has 0 bridgehead atoms. The average Bonchev–Trinajstić information content (AvgIpc) is 2.54. The summed E-state index contributed by atoms with van der Waals surface area (Å²) >= 11 is 0. The molecule has 0 aliphatic carbocycles. The Labute approximate surface area is 125 Å². The fraction of sp³-hybridized carbons (Fsp3) is 0.600. The summed E-state index contributed by atoms with van der Waals surface area (Å²) in [7, 11) is 0. The largest absolute Gasteiger partial charge is 0.378 e. The molecule has 1 amide bonds. The van der Waals surface area contributed by atoms with E-state index in [1.807, 2.05) is 19.1 Å². The van der Waals surface area contributed by atoms with Gasteiger partial charge in [0, 0.05) is 32.4 Å². The zero-order chi connectivity index (χ0) is 15.1. The maximum Gasteiger partial charge on any atom is 0.249 e. The molecule has 2 rings (SSSR count). The molecule has 1 aromatic heterocycles. The molecule has 1 aliphatic rings. The number of nitrogens with zero attached hydrogens (tertiary/aromatic N) is 2. The van der Waals surface area contributed by atoms with Gasteiger partial charge in [-0.1, -0.05) is 0 Å². The van der Waals surface area contributed by atoms with Gasteiger partial charge in [-0.15, -0.1) is 0 Å². The summed E-state index contributed by atoms with van der Waals surface area (Å²) in [5.74, 6) is 0.837. The van der Waals surface area contributed by atoms with Crippen molar-refractivity contribution >= 4 is 11.7 Å². The van der Waals surface area contributed by atoms with Crippen LogP contribution in [0.3, 0.4) is 0 Å². The zero-order valence-corrected chi connectivity index (χ0v) is 12.7. The zero-order valence-electron chi connectivity index (χ0n) is 12.7. The predicted molar refractivity (Wildman–Crippen MR) is 80.2 cm³/mol. The molecule has 0 saturated carbocycles. The molecule has 2 heterocycles. The quantitative estimate of drug-likeness (QED) is 0.846. The summed E-state index contributed by atoms with van der Waals surface area (Å²) in [6, 6.07) is 3.92. The topological polar surface area (TPSA) is 63.7 Å². The summed E-state index contributed by atoms with van der Waals surface area (Å²) < 4.78 is 10.6. The number of hydrogen-bond donors (Lipinski definition) is 1. The van der Waals surface area contributed by atoms with Gasteiger partial charge in [0.25, 0.3) is 0 Å². The van der Waals surface area contributed by atoms with Gasteiger partial charge in [-0.3, -0.25) is 4.79 Å². The van der Waals surface area contributed by atoms with E-state index in [4.69, 9.17) is 9.47 Å². The predicted octanol–water partition coefficient (Wildman–Crippen LogP) is 0.959. The minimum atomic E-state index is -0.421. The van der Waals surface area contributed by atoms with Crippen LogP contribution < -0.4 is 10.2 Å². The van der Waals surface area contributed by atoms with Crippen molar-refractivity contribution in [3.05, 3.63) is 23.9 Å². The van der Waals surface area contributed by atoms with Crippen LogP contribution in [0.25, 0.3) is 0 Å². The maximum absolute atomic E-state index is 11.8. The smallest absolute Gasteiger partial charge is 0.249 e. The van der Waals surface area contributed by atoms with E-state index >= 15 is 0 Å². The summed E-state index contributed by atoms with van der Waals surface area (Å²) in [5, 5.41) is 2.88. The summed E-state index contributed by atoms with van der Waals surface area (Å²) in [5.41, 5.74) is 1.03. The number of morpholine rings is 1. The Morgan fingerprint density at radius 2 is 2.29 bits per heavy atom. The summed E-state index contributed by atoms with van der Waals surface area (Å²) in [6.07, 6.45) is 1.36. The Hall–Kier alpha value is -1.66. The number of rotatable bonds is 6. The van der Waals surface area contributed by atoms with Gasteiger partial charge >= 0.3 is 0 Å². The number of carbonyl (C=O) groups excluding carboxylic acids is 1. The second-order valence-electron chi connectivity index (χ2n) is 4.94. The van der Waals surface area contributed by atoms with Gasteiger partial charge in [0.2, 0.25) is 5.91 Å². The van der Waals surface area contributed by atoms with Crippen molar-refractivity contribution in [2.24, 2.45) is 0 Å². The molecule has 0 spiro atoms. The van der Waals surface area contributed by atoms with Crippen LogP contribution in [0, 0.1) is 0 Å². The lowest BCUT2D eigenvalue weighted by Crippen LogP contribution is -2.37. The number of nitrogens with one attached hydrogen (secondary N) is 1. The van der Waals surface area contributed by atoms with Gasteiger partial charge < -0.3 is 19.7 Å². The van der Waals surface area contributed by atoms with Crippen molar-refractivity contribution in [3.63, 3.8) is 0 Å². The third kappa shape index (κ3) is 4.68. The third-order valence-electron chi connectivity index (χ3n) is 3.40. The van der Waals surface area contributed by atoms with Gasteiger partial charge in [0.15, 0.2) is 0 Å². The second kappa shape index (κ2) is 7.95. The molecule has 1 fully saturated rings. The lowest BCUT2D eigenvalue weighted by molar-refractivity contribution is -0.131. The number of hydrogen-bond acceptors (Lipinski definition) is 5. The molecule has 0 aromatic carbocycles. The number of pyridine rings is 1. The number of anilines is 1. The number of amides is 1. The first-order valence-electron chi connectivity index (χ1n) is 7.37. The standard InChI is InChI=1S/C15H23N3O3/c1-3-21-12(2)15(19)17-11-13-4-5-16-14(10-13)18-6-8-20-9-7-18/h4-5,10,12H,3,6-9,11H2,1-2H3,(H,17,19). The van der Waals surface area contributed by atoms with E-state index in [9.17, 15) is 4.79 Å². The Balaban J connectivity index is 1.90. The van der Waals surface area contributed by atoms with Crippen LogP contribution in [0.4, 0.5) is 5.82 Å². The fourth-order valence-electron chi connectivity index (χ4n) is 2.19. The van der Waals surface area contributed by atoms with Gasteiger partial charge in [-0.05, 0) is 31.5 Å². The highest BCUT2D eigenvalue weighted by Gasteiger charge is 2.14. The first kappa shape index (κ1) is 15.7. The molecular weight excluding hydrogens is 270 g/mol. The number of aromatic nitrogens is 1. The molecule has 1 N–H and O–H groups in total. The maximum atomic E-state index is 11.8. The highest BCUT2D eigenvalue weighted by molar-refractivity contribution is 5.80. The first-order chi connectivity index (χ1) is 10.2. The first-order valence-corrected chi connectivity index (χ1v) is 7.37. The molecule has 0 radical (unpaired) electrons. The van der Waals surface area contributed by atoms with Gasteiger partial charge in [0.05, 0.1) is 13.2 Å². The van der Waals surface area contributed by atoms with Crippen molar-refractivity contribution in [1.82, 2.24) is 10.3 Å². The van der Waals surface area contributed by atoms with E-state index in [2.05, 4.69) is 15.2 Å². The highest BCUT2D eigenvalue weighted by atomic mass is 16.5. The third-order valence-corrected chi connectivity index (χ3v) is 3.40. The van der Waals surface area contributed by atoms with E-state index in [0.29, 0.717) is 13.2 Å². The molecule has 6 nitrogen and oxygen atoms in total. The Kier molecular flexibility index (Phi) is 5.95. The summed E-state index contributed by atoms with van der Waals surface area (Å²) in [6.45, 7) is 7.81. The van der Waals surface area contributed by atoms with Crippen LogP contribution >= 0.6 is 0 Å². The van der Waals surface area contributed by atoms with Crippen molar-refractivity contribution in [2.45, 2.75) is 26.5 Å². The van der Waals surface area contributed by atoms with E-state index < -0.39 is 6.10 Å². The van der Waals surface area contributed by atoms with E-state index in [1.165, 1.54) is 0 Å². The lowest BCUT2D eigenvalue weighted by Gasteiger charge is -2.28. The van der Waals surface area contributed by atoms with Crippen molar-refractivity contribution < 1.29 is 14.3 Å². The average molecular weight is 293 g/mol. The molecule has 1 unspecified atom stereocenters. The molecule has 21 heavy (non-hydrogen) atoms. The minimum Gasteiger partial charge on any atom is -0.378 e. The van der Waals surface area contributed by atoms with Gasteiger partial charge in [0.1, 0.15) is 11.9 Å². The van der Waals surface area contributed by atoms with Crippen LogP contribution in [0.5, 0.6) is 0 Å². The van der Waals surface area contributed by atoms with E-state index in [0.717, 1.165) is 37.7 Å². The van der Waals surface area contributed by atoms with Crippen LogP contribution in [0.1, 0.15) is 19.4 Å². The molecule has 6 heteroatoms. The van der Waals surface area contributed by atoms with Crippen LogP contribution in [0.15, 0.2) is 18.3 Å². The Morgan fingerprint density at radius 3 is 3.00 bits per heavy atom. The van der Waals surface area contributed by atoms with Crippen molar-refractivity contribution in [3.8, 4) is 0 Å². The Morgan fingerprint density at radius 1 is 1.52 bits per heavy atom. The molecule has 1 aromatic rings. The highest BCUT2D eigenvalue weighted by Crippen LogP contribution is 2.14. The van der Waals surface area contributed by atoms with Crippen LogP contribution in [-0.2, 0) is 20.8 Å². The SMILES string of the molecule is CCOC(C)C(=O)NCc1ccnc(N2CCOCC2)c1. The lowest BCUT2D eigenvalue weighted by atomic mass is 10.2. The second-order valence-corrected chi connectivity index (χ2v) is 4.94. The number of carbonyl (C=O) groups is 1. The molecule has 1 atom stereocenters. The Bertz CT molecular complexity index is 461. The molecule has 1 aliphatic heterocycles. The normalized spacial score (nSPS) is 16.6. The monoisotopic (exact) mass is 293 g/mol. The van der Waals surface area contributed by atoms with E-state index in [-0.39, 0.29) is 5.91 Å². The van der Waals surface area contributed by atoms with Crippen LogP contribution in [-0.4, -0.2) is 49.9 Å². The summed E-state index contributed by atoms with van der Waals surface area (Å²) in [4.78, 5) is 18.4. The molecular formula is C15H23N3O3. The van der Waals surface area contributed by atoms with Gasteiger partial charge in [-0.2, -0.15) is 0 Å². The number of ether oxygens (including phenoxy) is 2. The molecule has 1 saturated heterocycles. The fourth-order valence-corrected chi connectivity index (χ4v) is 2.19. The minimum absolute atomic E-state index is 0.0958. The van der Waals surface area contributed by atoms with E-state index in [1.54, 1.807) is 13.1 Å². The van der Waals surface area contributed by atoms with Crippen molar-refractivity contribution in [2.75, 3.05) is 37.8 Å². The van der Waals surface area contributed by atoms with Crippen LogP contribution in [0.2, 0.25) is 0 Å². The van der Waals surface area contributed by atoms with Crippen molar-refractivity contribution in [1.29, 1.82) is 0 Å². The molecule has 116 valence electrons. The van der Waals surface area contributed by atoms with Gasteiger partial charge in [-0.25, -0.2) is 4.98 Å².